The summed E-state index contributed by atoms with van der Waals surface area (Å²) < 4.78 is 10.8. The van der Waals surface area contributed by atoms with E-state index in [-0.39, 0.29) is 24.0 Å². The lowest BCUT2D eigenvalue weighted by atomic mass is 9.77. The first-order chi connectivity index (χ1) is 14.0. The monoisotopic (exact) mass is 411 g/mol. The quantitative estimate of drug-likeness (QED) is 0.719. The van der Waals surface area contributed by atoms with Gasteiger partial charge < -0.3 is 9.47 Å². The number of carbonyl (C=O) groups excluding carboxylic acids is 2. The summed E-state index contributed by atoms with van der Waals surface area (Å²) in [7, 11) is 3.18. The van der Waals surface area contributed by atoms with E-state index >= 15 is 0 Å². The lowest BCUT2D eigenvalue weighted by molar-refractivity contribution is -0.119. The second kappa shape index (κ2) is 7.91. The van der Waals surface area contributed by atoms with Crippen molar-refractivity contribution >= 4 is 29.0 Å². The Labute approximate surface area is 174 Å². The molecule has 29 heavy (non-hydrogen) atoms. The van der Waals surface area contributed by atoms with Crippen molar-refractivity contribution in [3.8, 4) is 11.5 Å². The van der Waals surface area contributed by atoms with E-state index in [0.29, 0.717) is 34.9 Å². The fraction of sp³-hybridized carbons (Fsp3) is 0.304. The van der Waals surface area contributed by atoms with Gasteiger partial charge in [0.25, 0.3) is 0 Å². The van der Waals surface area contributed by atoms with Crippen LogP contribution in [-0.4, -0.2) is 25.9 Å². The van der Waals surface area contributed by atoms with Crippen LogP contribution in [0.15, 0.2) is 53.7 Å². The van der Waals surface area contributed by atoms with Crippen molar-refractivity contribution in [1.29, 1.82) is 0 Å². The molecule has 1 aliphatic carbocycles. The molecule has 0 N–H and O–H groups in total. The van der Waals surface area contributed by atoms with Gasteiger partial charge in [-0.05, 0) is 43.2 Å². The van der Waals surface area contributed by atoms with Gasteiger partial charge in [-0.3, -0.25) is 14.5 Å². The minimum absolute atomic E-state index is 0.0383. The zero-order valence-electron chi connectivity index (χ0n) is 16.4. The highest BCUT2D eigenvalue weighted by molar-refractivity contribution is 6.30. The van der Waals surface area contributed by atoms with Crippen molar-refractivity contribution < 1.29 is 19.1 Å². The first kappa shape index (κ1) is 19.5. The molecule has 2 aromatic rings. The molecule has 1 amide bonds. The number of Topliss-reactive ketones (excluding diaryl/α,β-unsaturated/α-hetero) is 1. The number of amides is 1. The van der Waals surface area contributed by atoms with E-state index in [9.17, 15) is 9.59 Å². The number of benzene rings is 2. The van der Waals surface area contributed by atoms with Gasteiger partial charge in [0.05, 0.1) is 14.2 Å². The number of allylic oxidation sites excluding steroid dienone is 2. The molecule has 4 rings (SSSR count). The topological polar surface area (TPSA) is 55.8 Å². The second-order valence-electron chi connectivity index (χ2n) is 7.21. The molecule has 0 bridgehead atoms. The van der Waals surface area contributed by atoms with Gasteiger partial charge in [-0.15, -0.1) is 0 Å². The number of hydrogen-bond acceptors (Lipinski definition) is 4. The third-order valence-electron chi connectivity index (χ3n) is 5.58. The summed E-state index contributed by atoms with van der Waals surface area (Å²) in [5.41, 5.74) is 3.08. The maximum Gasteiger partial charge on any atom is 0.232 e. The molecule has 1 aliphatic heterocycles. The van der Waals surface area contributed by atoms with Crippen LogP contribution in [-0.2, 0) is 9.59 Å². The van der Waals surface area contributed by atoms with Crippen LogP contribution in [0.2, 0.25) is 5.02 Å². The third kappa shape index (κ3) is 3.51. The van der Waals surface area contributed by atoms with Gasteiger partial charge in [0, 0.05) is 52.4 Å². The molecule has 0 saturated heterocycles. The van der Waals surface area contributed by atoms with Crippen LogP contribution in [0.25, 0.3) is 0 Å². The molecule has 0 aromatic heterocycles. The summed E-state index contributed by atoms with van der Waals surface area (Å²) >= 11 is 6.02. The molecule has 5 nitrogen and oxygen atoms in total. The van der Waals surface area contributed by atoms with Gasteiger partial charge >= 0.3 is 0 Å². The van der Waals surface area contributed by atoms with E-state index in [2.05, 4.69) is 0 Å². The first-order valence-electron chi connectivity index (χ1n) is 9.60. The molecule has 0 spiro atoms. The van der Waals surface area contributed by atoms with Gasteiger partial charge in [0.2, 0.25) is 5.91 Å². The molecule has 0 saturated carbocycles. The van der Waals surface area contributed by atoms with E-state index in [1.54, 1.807) is 37.3 Å². The lowest BCUT2D eigenvalue weighted by Gasteiger charge is -2.38. The number of halogens is 1. The molecular weight excluding hydrogens is 390 g/mol. The van der Waals surface area contributed by atoms with Crippen molar-refractivity contribution in [2.24, 2.45) is 0 Å². The van der Waals surface area contributed by atoms with E-state index in [1.807, 2.05) is 24.3 Å². The maximum absolute atomic E-state index is 13.2. The van der Waals surface area contributed by atoms with Gasteiger partial charge in [0.1, 0.15) is 11.5 Å². The van der Waals surface area contributed by atoms with Crippen LogP contribution in [0, 0.1) is 0 Å². The molecule has 0 unspecified atom stereocenters. The number of ether oxygens (including phenoxy) is 2. The fourth-order valence-corrected chi connectivity index (χ4v) is 4.38. The minimum atomic E-state index is -0.324. The van der Waals surface area contributed by atoms with Crippen LogP contribution in [0.5, 0.6) is 11.5 Å². The Hall–Kier alpha value is -2.79. The van der Waals surface area contributed by atoms with Crippen molar-refractivity contribution in [2.75, 3.05) is 19.1 Å². The van der Waals surface area contributed by atoms with Crippen molar-refractivity contribution in [3.05, 3.63) is 64.3 Å². The largest absolute Gasteiger partial charge is 0.497 e. The normalized spacial score (nSPS) is 19.3. The van der Waals surface area contributed by atoms with Crippen LogP contribution < -0.4 is 14.4 Å². The number of anilines is 1. The SMILES string of the molecule is COc1ccc([C@H]2CC(=O)N(c3ccc(Cl)cc3)C3=C2C(=O)CCC3)c(OC)c1. The van der Waals surface area contributed by atoms with Crippen molar-refractivity contribution in [1.82, 2.24) is 0 Å². The third-order valence-corrected chi connectivity index (χ3v) is 5.83. The summed E-state index contributed by atoms with van der Waals surface area (Å²) in [6.07, 6.45) is 2.12. The van der Waals surface area contributed by atoms with E-state index < -0.39 is 0 Å². The number of carbonyl (C=O) groups is 2. The summed E-state index contributed by atoms with van der Waals surface area (Å²) in [5, 5.41) is 0.605. The molecule has 2 aromatic carbocycles. The summed E-state index contributed by atoms with van der Waals surface area (Å²) in [6.45, 7) is 0. The lowest BCUT2D eigenvalue weighted by Crippen LogP contribution is -2.40. The van der Waals surface area contributed by atoms with Gasteiger partial charge in [-0.2, -0.15) is 0 Å². The molecule has 1 atom stereocenters. The standard InChI is InChI=1S/C23H22ClNO4/c1-28-16-10-11-17(21(12-16)29-2)18-13-22(27)25(15-8-6-14(24)7-9-15)19-4-3-5-20(26)23(18)19/h6-12,18H,3-5,13H2,1-2H3/t18-/m1/s1. The average Bonchev–Trinajstić information content (AvgIpc) is 2.73. The average molecular weight is 412 g/mol. The first-order valence-corrected chi connectivity index (χ1v) is 9.98. The Bertz CT molecular complexity index is 996. The van der Waals surface area contributed by atoms with Gasteiger partial charge in [-0.1, -0.05) is 17.7 Å². The zero-order chi connectivity index (χ0) is 20.5. The Kier molecular flexibility index (Phi) is 5.33. The molecule has 6 heteroatoms. The van der Waals surface area contributed by atoms with E-state index in [4.69, 9.17) is 21.1 Å². The highest BCUT2D eigenvalue weighted by Gasteiger charge is 2.40. The molecular formula is C23H22ClNO4. The fourth-order valence-electron chi connectivity index (χ4n) is 4.25. The van der Waals surface area contributed by atoms with Gasteiger partial charge in [-0.25, -0.2) is 0 Å². The highest BCUT2D eigenvalue weighted by atomic mass is 35.5. The Morgan fingerprint density at radius 3 is 2.45 bits per heavy atom. The van der Waals surface area contributed by atoms with E-state index in [0.717, 1.165) is 23.4 Å². The number of nitrogens with zero attached hydrogens (tertiary/aromatic N) is 1. The Morgan fingerprint density at radius 2 is 1.76 bits per heavy atom. The van der Waals surface area contributed by atoms with Gasteiger partial charge in [0.15, 0.2) is 5.78 Å². The number of rotatable bonds is 4. The van der Waals surface area contributed by atoms with E-state index in [1.165, 1.54) is 0 Å². The predicted molar refractivity (Wildman–Crippen MR) is 112 cm³/mol. The number of hydrogen-bond donors (Lipinski definition) is 0. The maximum atomic E-state index is 13.2. The highest BCUT2D eigenvalue weighted by Crippen LogP contribution is 2.46. The Balaban J connectivity index is 1.85. The number of methoxy groups -OCH3 is 2. The minimum Gasteiger partial charge on any atom is -0.497 e. The zero-order valence-corrected chi connectivity index (χ0v) is 17.2. The van der Waals surface area contributed by atoms with Crippen LogP contribution in [0.1, 0.15) is 37.2 Å². The molecule has 0 radical (unpaired) electrons. The molecule has 150 valence electrons. The molecule has 1 heterocycles. The molecule has 2 aliphatic rings. The number of ketones is 1. The van der Waals surface area contributed by atoms with Crippen LogP contribution >= 0.6 is 11.6 Å². The predicted octanol–water partition coefficient (Wildman–Crippen LogP) is 4.88. The second-order valence-corrected chi connectivity index (χ2v) is 7.64. The Morgan fingerprint density at radius 1 is 1.00 bits per heavy atom. The van der Waals surface area contributed by atoms with Crippen LogP contribution in [0.3, 0.4) is 0 Å². The smallest absolute Gasteiger partial charge is 0.232 e. The van der Waals surface area contributed by atoms with Crippen molar-refractivity contribution in [3.63, 3.8) is 0 Å². The summed E-state index contributed by atoms with van der Waals surface area (Å²) in [6, 6.07) is 12.7. The summed E-state index contributed by atoms with van der Waals surface area (Å²) in [5.74, 6) is 1.02. The summed E-state index contributed by atoms with van der Waals surface area (Å²) in [4.78, 5) is 27.9. The van der Waals surface area contributed by atoms with Crippen molar-refractivity contribution in [2.45, 2.75) is 31.6 Å². The molecule has 0 fully saturated rings. The van der Waals surface area contributed by atoms with Crippen LogP contribution in [0.4, 0.5) is 5.69 Å².